The number of hydrogen-bond acceptors (Lipinski definition) is 4. The van der Waals surface area contributed by atoms with Crippen LogP contribution in [0.2, 0.25) is 0 Å². The number of rotatable bonds is 3. The zero-order valence-electron chi connectivity index (χ0n) is 10.6. The number of ether oxygens (including phenoxy) is 3. The van der Waals surface area contributed by atoms with Crippen LogP contribution in [-0.4, -0.2) is 31.9 Å². The minimum absolute atomic E-state index is 0.380. The van der Waals surface area contributed by atoms with E-state index in [1.54, 1.807) is 20.1 Å². The molecule has 0 aliphatic carbocycles. The topological polar surface area (TPSA) is 65.0 Å². The van der Waals surface area contributed by atoms with Crippen molar-refractivity contribution < 1.29 is 24.1 Å². The van der Waals surface area contributed by atoms with Gasteiger partial charge in [-0.1, -0.05) is 0 Å². The predicted molar refractivity (Wildman–Crippen MR) is 64.2 cm³/mol. The molecule has 0 amide bonds. The average Bonchev–Trinajstić information content (AvgIpc) is 2.37. The molecule has 1 aliphatic heterocycles. The van der Waals surface area contributed by atoms with Gasteiger partial charge >= 0.3 is 5.97 Å². The molecule has 0 bridgehead atoms. The number of benzene rings is 1. The molecule has 98 valence electrons. The highest BCUT2D eigenvalue weighted by molar-refractivity contribution is 5.80. The molecule has 0 spiro atoms. The fourth-order valence-corrected chi connectivity index (χ4v) is 2.19. The Labute approximate surface area is 105 Å². The van der Waals surface area contributed by atoms with Gasteiger partial charge in [0, 0.05) is 5.56 Å². The highest BCUT2D eigenvalue weighted by Crippen LogP contribution is 2.39. The Hall–Kier alpha value is -1.75. The summed E-state index contributed by atoms with van der Waals surface area (Å²) in [5, 5.41) is 9.34. The molecule has 1 aliphatic rings. The monoisotopic (exact) mass is 252 g/mol. The van der Waals surface area contributed by atoms with Crippen LogP contribution in [-0.2, 0) is 21.6 Å². The van der Waals surface area contributed by atoms with Crippen LogP contribution in [0.1, 0.15) is 18.1 Å². The lowest BCUT2D eigenvalue weighted by atomic mass is 9.87. The zero-order valence-corrected chi connectivity index (χ0v) is 10.6. The standard InChI is InChI=1S/C13H16O5/c1-13(12(14)15)9-7-11(17-3)10(16-2)6-8(9)4-5-18-13/h6-7H,4-5H2,1-3H3,(H,14,15). The summed E-state index contributed by atoms with van der Waals surface area (Å²) >= 11 is 0. The molecule has 1 unspecified atom stereocenters. The van der Waals surface area contributed by atoms with Crippen molar-refractivity contribution in [2.75, 3.05) is 20.8 Å². The SMILES string of the molecule is COc1cc2c(cc1OC)C(C)(C(=O)O)OCC2. The van der Waals surface area contributed by atoms with E-state index in [2.05, 4.69) is 0 Å². The van der Waals surface area contributed by atoms with Crippen LogP contribution in [0.4, 0.5) is 0 Å². The van der Waals surface area contributed by atoms with Crippen LogP contribution >= 0.6 is 0 Å². The number of fused-ring (bicyclic) bond motifs is 1. The van der Waals surface area contributed by atoms with E-state index in [1.165, 1.54) is 7.11 Å². The lowest BCUT2D eigenvalue weighted by Crippen LogP contribution is -2.40. The first-order valence-corrected chi connectivity index (χ1v) is 5.65. The van der Waals surface area contributed by atoms with E-state index in [4.69, 9.17) is 14.2 Å². The third-order valence-electron chi connectivity index (χ3n) is 3.29. The van der Waals surface area contributed by atoms with E-state index in [1.807, 2.05) is 6.07 Å². The smallest absolute Gasteiger partial charge is 0.340 e. The molecule has 0 fully saturated rings. The molecule has 1 atom stereocenters. The number of carboxylic acid groups (broad SMARTS) is 1. The van der Waals surface area contributed by atoms with Crippen molar-refractivity contribution in [3.8, 4) is 11.5 Å². The normalized spacial score (nSPS) is 22.2. The maximum atomic E-state index is 11.4. The van der Waals surface area contributed by atoms with Gasteiger partial charge in [0.05, 0.1) is 20.8 Å². The Morgan fingerprint density at radius 1 is 1.33 bits per heavy atom. The van der Waals surface area contributed by atoms with Gasteiger partial charge < -0.3 is 19.3 Å². The molecule has 5 heteroatoms. The largest absolute Gasteiger partial charge is 0.493 e. The second kappa shape index (κ2) is 4.49. The second-order valence-electron chi connectivity index (χ2n) is 4.30. The first-order chi connectivity index (χ1) is 8.52. The number of aliphatic carboxylic acids is 1. The van der Waals surface area contributed by atoms with Crippen LogP contribution in [0.3, 0.4) is 0 Å². The van der Waals surface area contributed by atoms with Gasteiger partial charge in [-0.3, -0.25) is 0 Å². The van der Waals surface area contributed by atoms with Crippen molar-refractivity contribution in [3.05, 3.63) is 23.3 Å². The van der Waals surface area contributed by atoms with Crippen molar-refractivity contribution in [2.45, 2.75) is 18.9 Å². The minimum Gasteiger partial charge on any atom is -0.493 e. The van der Waals surface area contributed by atoms with Crippen molar-refractivity contribution in [2.24, 2.45) is 0 Å². The summed E-state index contributed by atoms with van der Waals surface area (Å²) in [4.78, 5) is 11.4. The average molecular weight is 252 g/mol. The summed E-state index contributed by atoms with van der Waals surface area (Å²) in [6.07, 6.45) is 0.665. The van der Waals surface area contributed by atoms with Gasteiger partial charge in [-0.2, -0.15) is 0 Å². The molecule has 18 heavy (non-hydrogen) atoms. The molecule has 1 N–H and O–H groups in total. The number of carboxylic acids is 1. The second-order valence-corrected chi connectivity index (χ2v) is 4.30. The lowest BCUT2D eigenvalue weighted by molar-refractivity contribution is -0.166. The molecule has 1 aromatic carbocycles. The molecule has 2 rings (SSSR count). The summed E-state index contributed by atoms with van der Waals surface area (Å²) in [5.41, 5.74) is 0.218. The Kier molecular flexibility index (Phi) is 3.17. The lowest BCUT2D eigenvalue weighted by Gasteiger charge is -2.33. The quantitative estimate of drug-likeness (QED) is 0.884. The van der Waals surface area contributed by atoms with E-state index in [9.17, 15) is 9.90 Å². The highest BCUT2D eigenvalue weighted by atomic mass is 16.5. The summed E-state index contributed by atoms with van der Waals surface area (Å²) < 4.78 is 15.9. The number of methoxy groups -OCH3 is 2. The highest BCUT2D eigenvalue weighted by Gasteiger charge is 2.41. The van der Waals surface area contributed by atoms with Crippen molar-refractivity contribution in [1.29, 1.82) is 0 Å². The van der Waals surface area contributed by atoms with Gasteiger partial charge in [0.2, 0.25) is 0 Å². The van der Waals surface area contributed by atoms with Gasteiger partial charge in [0.15, 0.2) is 17.1 Å². The van der Waals surface area contributed by atoms with Crippen LogP contribution in [0.15, 0.2) is 12.1 Å². The third-order valence-corrected chi connectivity index (χ3v) is 3.29. The van der Waals surface area contributed by atoms with E-state index < -0.39 is 11.6 Å². The minimum atomic E-state index is -1.33. The van der Waals surface area contributed by atoms with E-state index in [-0.39, 0.29) is 0 Å². The molecule has 0 radical (unpaired) electrons. The van der Waals surface area contributed by atoms with Gasteiger partial charge in [-0.05, 0) is 31.0 Å². The maximum Gasteiger partial charge on any atom is 0.340 e. The van der Waals surface area contributed by atoms with Gasteiger partial charge in [-0.25, -0.2) is 4.79 Å². The molecule has 0 aromatic heterocycles. The maximum absolute atomic E-state index is 11.4. The summed E-state index contributed by atoms with van der Waals surface area (Å²) in [7, 11) is 3.08. The Balaban J connectivity index is 2.61. The molecule has 1 aromatic rings. The number of carbonyl (C=O) groups is 1. The van der Waals surface area contributed by atoms with Crippen LogP contribution in [0.25, 0.3) is 0 Å². The molecular weight excluding hydrogens is 236 g/mol. The van der Waals surface area contributed by atoms with E-state index in [0.717, 1.165) is 5.56 Å². The van der Waals surface area contributed by atoms with Gasteiger partial charge in [-0.15, -0.1) is 0 Å². The predicted octanol–water partition coefficient (Wildman–Crippen LogP) is 1.58. The van der Waals surface area contributed by atoms with Crippen LogP contribution in [0.5, 0.6) is 11.5 Å². The van der Waals surface area contributed by atoms with Gasteiger partial charge in [0.25, 0.3) is 0 Å². The van der Waals surface area contributed by atoms with E-state index >= 15 is 0 Å². The first-order valence-electron chi connectivity index (χ1n) is 5.65. The third kappa shape index (κ3) is 1.80. The molecule has 0 saturated carbocycles. The van der Waals surface area contributed by atoms with Crippen molar-refractivity contribution in [3.63, 3.8) is 0 Å². The van der Waals surface area contributed by atoms with Crippen LogP contribution in [0, 0.1) is 0 Å². The van der Waals surface area contributed by atoms with Crippen molar-refractivity contribution in [1.82, 2.24) is 0 Å². The molecular formula is C13H16O5. The molecule has 5 nitrogen and oxygen atoms in total. The van der Waals surface area contributed by atoms with Gasteiger partial charge in [0.1, 0.15) is 0 Å². The summed E-state index contributed by atoms with van der Waals surface area (Å²) in [6, 6.07) is 3.50. The van der Waals surface area contributed by atoms with E-state index in [0.29, 0.717) is 30.1 Å². The Morgan fingerprint density at radius 3 is 2.50 bits per heavy atom. The summed E-state index contributed by atoms with van der Waals surface area (Å²) in [5.74, 6) is 0.107. The fourth-order valence-electron chi connectivity index (χ4n) is 2.19. The van der Waals surface area contributed by atoms with Crippen LogP contribution < -0.4 is 9.47 Å². The molecule has 1 heterocycles. The Bertz CT molecular complexity index is 483. The summed E-state index contributed by atoms with van der Waals surface area (Å²) in [6.45, 7) is 1.94. The van der Waals surface area contributed by atoms with Crippen molar-refractivity contribution >= 4 is 5.97 Å². The first kappa shape index (κ1) is 12.7. The number of hydrogen-bond donors (Lipinski definition) is 1. The fraction of sp³-hybridized carbons (Fsp3) is 0.462. The Morgan fingerprint density at radius 2 is 1.94 bits per heavy atom. The zero-order chi connectivity index (χ0) is 13.3. The molecule has 0 saturated heterocycles.